The van der Waals surface area contributed by atoms with Crippen LogP contribution in [-0.2, 0) is 0 Å². The summed E-state index contributed by atoms with van der Waals surface area (Å²) in [6.45, 7) is 6.86. The van der Waals surface area contributed by atoms with Crippen LogP contribution in [0.25, 0.3) is 0 Å². The highest BCUT2D eigenvalue weighted by atomic mass is 16.2. The van der Waals surface area contributed by atoms with Gasteiger partial charge in [0.2, 0.25) is 11.8 Å². The average molecular weight is 239 g/mol. The fraction of sp³-hybridized carbons (Fsp3) is 0.727. The summed E-state index contributed by atoms with van der Waals surface area (Å²) in [5, 5.41) is 6.22. The number of nitrogens with one attached hydrogen (secondary N) is 1. The molecule has 0 bridgehead atoms. The monoisotopic (exact) mass is 239 g/mol. The summed E-state index contributed by atoms with van der Waals surface area (Å²) in [7, 11) is 0. The molecule has 6 heteroatoms. The summed E-state index contributed by atoms with van der Waals surface area (Å²) < 4.78 is 0. The first-order chi connectivity index (χ1) is 8.06. The molecule has 0 aliphatic heterocycles. The van der Waals surface area contributed by atoms with Gasteiger partial charge >= 0.3 is 0 Å². The number of aromatic nitrogens is 3. The Morgan fingerprint density at radius 2 is 2.18 bits per heavy atom. The van der Waals surface area contributed by atoms with Gasteiger partial charge in [0.1, 0.15) is 0 Å². The number of rotatable bonds is 6. The fourth-order valence-electron chi connectivity index (χ4n) is 1.63. The van der Waals surface area contributed by atoms with Crippen molar-refractivity contribution in [3.63, 3.8) is 0 Å². The number of anilines is 1. The topological polar surface area (TPSA) is 87.9 Å². The van der Waals surface area contributed by atoms with Crippen LogP contribution in [0.4, 0.5) is 5.95 Å². The molecule has 0 aliphatic rings. The van der Waals surface area contributed by atoms with Gasteiger partial charge < -0.3 is 10.6 Å². The van der Waals surface area contributed by atoms with E-state index in [1.165, 1.54) is 0 Å². The molecule has 0 spiro atoms. The second kappa shape index (κ2) is 6.22. The summed E-state index contributed by atoms with van der Waals surface area (Å²) in [6, 6.07) is 0.144. The number of carbonyl (C=O) groups excluding carboxylic acids is 1. The molecule has 96 valence electrons. The number of nitrogens with zero attached hydrogens (tertiary/aromatic N) is 3. The lowest BCUT2D eigenvalue weighted by atomic mass is 10.2. The molecule has 0 saturated heterocycles. The molecule has 17 heavy (non-hydrogen) atoms. The lowest BCUT2D eigenvalue weighted by Crippen LogP contribution is -2.38. The Kier molecular flexibility index (Phi) is 4.93. The predicted octanol–water partition coefficient (Wildman–Crippen LogP) is 1.43. The largest absolute Gasteiger partial charge is 0.366 e. The van der Waals surface area contributed by atoms with E-state index in [1.807, 2.05) is 13.8 Å². The maximum absolute atomic E-state index is 12.1. The highest BCUT2D eigenvalue weighted by Crippen LogP contribution is 2.08. The Morgan fingerprint density at radius 1 is 1.47 bits per heavy atom. The number of nitrogens with two attached hydrogens (primary N) is 1. The molecular formula is C11H21N5O. The zero-order chi connectivity index (χ0) is 12.8. The maximum atomic E-state index is 12.1. The highest BCUT2D eigenvalue weighted by molar-refractivity contribution is 5.90. The molecule has 0 aromatic carbocycles. The van der Waals surface area contributed by atoms with Crippen molar-refractivity contribution in [3.8, 4) is 0 Å². The number of nitrogen functional groups attached to an aromatic ring is 1. The molecule has 0 fully saturated rings. The molecule has 1 rings (SSSR count). The van der Waals surface area contributed by atoms with Crippen LogP contribution in [0, 0.1) is 0 Å². The number of unbranched alkanes of at least 4 members (excludes halogenated alkanes) is 2. The van der Waals surface area contributed by atoms with E-state index in [9.17, 15) is 4.79 Å². The first-order valence-corrected chi connectivity index (χ1v) is 6.05. The Morgan fingerprint density at radius 3 is 2.65 bits per heavy atom. The van der Waals surface area contributed by atoms with Gasteiger partial charge in [-0.15, -0.1) is 5.10 Å². The highest BCUT2D eigenvalue weighted by Gasteiger charge is 2.21. The van der Waals surface area contributed by atoms with Gasteiger partial charge in [0.15, 0.2) is 0 Å². The van der Waals surface area contributed by atoms with Gasteiger partial charge in [0.05, 0.1) is 0 Å². The second-order valence-corrected chi connectivity index (χ2v) is 4.34. The van der Waals surface area contributed by atoms with Gasteiger partial charge in [-0.2, -0.15) is 4.98 Å². The van der Waals surface area contributed by atoms with Gasteiger partial charge in [0.25, 0.3) is 5.91 Å². The normalized spacial score (nSPS) is 10.8. The van der Waals surface area contributed by atoms with E-state index in [0.717, 1.165) is 25.8 Å². The van der Waals surface area contributed by atoms with Gasteiger partial charge in [-0.05, 0) is 20.3 Å². The summed E-state index contributed by atoms with van der Waals surface area (Å²) in [5.74, 6) is 0.179. The van der Waals surface area contributed by atoms with Crippen molar-refractivity contribution in [3.05, 3.63) is 5.82 Å². The first-order valence-electron chi connectivity index (χ1n) is 6.05. The molecule has 1 amide bonds. The van der Waals surface area contributed by atoms with Gasteiger partial charge in [0, 0.05) is 12.6 Å². The number of hydrogen-bond acceptors (Lipinski definition) is 4. The molecule has 0 unspecified atom stereocenters. The summed E-state index contributed by atoms with van der Waals surface area (Å²) in [4.78, 5) is 17.8. The number of hydrogen-bond donors (Lipinski definition) is 2. The maximum Gasteiger partial charge on any atom is 0.291 e. The van der Waals surface area contributed by atoms with Crippen LogP contribution in [0.5, 0.6) is 0 Å². The van der Waals surface area contributed by atoms with Crippen LogP contribution in [-0.4, -0.2) is 38.6 Å². The van der Waals surface area contributed by atoms with Crippen LogP contribution >= 0.6 is 0 Å². The lowest BCUT2D eigenvalue weighted by molar-refractivity contribution is 0.0690. The Bertz CT molecular complexity index is 360. The molecule has 0 aliphatic carbocycles. The van der Waals surface area contributed by atoms with E-state index in [4.69, 9.17) is 5.73 Å². The van der Waals surface area contributed by atoms with Crippen molar-refractivity contribution in [1.82, 2.24) is 20.1 Å². The minimum Gasteiger partial charge on any atom is -0.366 e. The van der Waals surface area contributed by atoms with E-state index in [0.29, 0.717) is 0 Å². The number of amides is 1. The summed E-state index contributed by atoms with van der Waals surface area (Å²) in [5.41, 5.74) is 5.39. The minimum atomic E-state index is -0.139. The van der Waals surface area contributed by atoms with Crippen molar-refractivity contribution in [1.29, 1.82) is 0 Å². The number of carbonyl (C=O) groups is 1. The smallest absolute Gasteiger partial charge is 0.291 e. The molecule has 0 saturated carbocycles. The van der Waals surface area contributed by atoms with Crippen LogP contribution in [0.1, 0.15) is 50.7 Å². The standard InChI is InChI=1S/C11H21N5O/c1-4-5-6-7-16(8(2)3)10(17)9-13-11(12)15-14-9/h8H,4-7H2,1-3H3,(H3,12,13,14,15). The third kappa shape index (κ3) is 3.72. The average Bonchev–Trinajstić information content (AvgIpc) is 2.70. The van der Waals surface area contributed by atoms with Gasteiger partial charge in [-0.3, -0.25) is 9.89 Å². The quantitative estimate of drug-likeness (QED) is 0.735. The summed E-state index contributed by atoms with van der Waals surface area (Å²) in [6.07, 6.45) is 3.26. The number of aromatic amines is 1. The second-order valence-electron chi connectivity index (χ2n) is 4.34. The predicted molar refractivity (Wildman–Crippen MR) is 66.5 cm³/mol. The van der Waals surface area contributed by atoms with Crippen LogP contribution in [0.3, 0.4) is 0 Å². The third-order valence-electron chi connectivity index (χ3n) is 2.59. The summed E-state index contributed by atoms with van der Waals surface area (Å²) >= 11 is 0. The zero-order valence-corrected chi connectivity index (χ0v) is 10.7. The Labute approximate surface area is 102 Å². The lowest BCUT2D eigenvalue weighted by Gasteiger charge is -2.25. The first kappa shape index (κ1) is 13.5. The molecule has 1 aromatic rings. The molecule has 0 radical (unpaired) electrons. The fourth-order valence-corrected chi connectivity index (χ4v) is 1.63. The van der Waals surface area contributed by atoms with Crippen molar-refractivity contribution in [2.45, 2.75) is 46.1 Å². The van der Waals surface area contributed by atoms with E-state index in [1.54, 1.807) is 4.90 Å². The van der Waals surface area contributed by atoms with E-state index in [-0.39, 0.29) is 23.7 Å². The molecule has 1 heterocycles. The van der Waals surface area contributed by atoms with Crippen molar-refractivity contribution in [2.75, 3.05) is 12.3 Å². The van der Waals surface area contributed by atoms with Crippen LogP contribution < -0.4 is 5.73 Å². The Hall–Kier alpha value is -1.59. The Balaban J connectivity index is 2.67. The van der Waals surface area contributed by atoms with Gasteiger partial charge in [-0.1, -0.05) is 19.8 Å². The van der Waals surface area contributed by atoms with E-state index < -0.39 is 0 Å². The van der Waals surface area contributed by atoms with Crippen molar-refractivity contribution < 1.29 is 4.79 Å². The van der Waals surface area contributed by atoms with E-state index >= 15 is 0 Å². The van der Waals surface area contributed by atoms with Gasteiger partial charge in [-0.25, -0.2) is 0 Å². The van der Waals surface area contributed by atoms with Crippen molar-refractivity contribution >= 4 is 11.9 Å². The van der Waals surface area contributed by atoms with Crippen LogP contribution in [0.15, 0.2) is 0 Å². The van der Waals surface area contributed by atoms with Crippen LogP contribution in [0.2, 0.25) is 0 Å². The SMILES string of the molecule is CCCCCN(C(=O)c1nc(N)n[nH]1)C(C)C. The molecule has 1 aromatic heterocycles. The van der Waals surface area contributed by atoms with Crippen molar-refractivity contribution in [2.24, 2.45) is 0 Å². The molecule has 0 atom stereocenters. The zero-order valence-electron chi connectivity index (χ0n) is 10.7. The van der Waals surface area contributed by atoms with E-state index in [2.05, 4.69) is 22.1 Å². The molecular weight excluding hydrogens is 218 g/mol. The minimum absolute atomic E-state index is 0.102. The number of H-pyrrole nitrogens is 1. The molecule has 3 N–H and O–H groups in total. The molecule has 6 nitrogen and oxygen atoms in total. The third-order valence-corrected chi connectivity index (χ3v) is 2.59.